The molecule has 2 amide bonds. The molecule has 32 heavy (non-hydrogen) atoms. The monoisotopic (exact) mass is 462 g/mol. The van der Waals surface area contributed by atoms with Crippen molar-refractivity contribution >= 4 is 25.6 Å². The number of rotatable bonds is 7. The summed E-state index contributed by atoms with van der Waals surface area (Å²) in [5.41, 5.74) is 1.53. The minimum absolute atomic E-state index is 0.0115. The van der Waals surface area contributed by atoms with E-state index < -0.39 is 13.7 Å². The molecule has 1 aromatic heterocycles. The standard InChI is InChI=1S/C23H38N4O4Si/c1-17(2)18-11-19(27(24-18)16-30-9-10-32(6,7)8)20(28)25-12-23(13-25)14-26(15-23)21(29)31-22(3,4)5/h11H,1,9-10,12-16H2,2-8H3. The molecule has 0 bridgehead atoms. The quantitative estimate of drug-likeness (QED) is 0.453. The Labute approximate surface area is 192 Å². The summed E-state index contributed by atoms with van der Waals surface area (Å²) >= 11 is 0. The predicted octanol–water partition coefficient (Wildman–Crippen LogP) is 3.92. The predicted molar refractivity (Wildman–Crippen MR) is 127 cm³/mol. The van der Waals surface area contributed by atoms with Gasteiger partial charge in [0.15, 0.2) is 0 Å². The summed E-state index contributed by atoms with van der Waals surface area (Å²) in [5.74, 6) is -0.0554. The molecule has 0 unspecified atom stereocenters. The molecule has 2 fully saturated rings. The van der Waals surface area contributed by atoms with Crippen molar-refractivity contribution in [2.24, 2.45) is 5.41 Å². The maximum absolute atomic E-state index is 13.2. The number of allylic oxidation sites excluding steroid dienone is 1. The van der Waals surface area contributed by atoms with Crippen LogP contribution < -0.4 is 0 Å². The average Bonchev–Trinajstić information content (AvgIpc) is 2.98. The van der Waals surface area contributed by atoms with Gasteiger partial charge in [-0.2, -0.15) is 5.10 Å². The van der Waals surface area contributed by atoms with Gasteiger partial charge in [0, 0.05) is 46.3 Å². The van der Waals surface area contributed by atoms with Crippen molar-refractivity contribution in [2.45, 2.75) is 65.7 Å². The van der Waals surface area contributed by atoms with Gasteiger partial charge in [0.1, 0.15) is 18.0 Å². The van der Waals surface area contributed by atoms with Crippen LogP contribution >= 0.6 is 0 Å². The minimum Gasteiger partial charge on any atom is -0.444 e. The fourth-order valence-corrected chi connectivity index (χ4v) is 4.67. The van der Waals surface area contributed by atoms with E-state index in [0.717, 1.165) is 11.6 Å². The van der Waals surface area contributed by atoms with Gasteiger partial charge in [-0.25, -0.2) is 9.48 Å². The van der Waals surface area contributed by atoms with Crippen LogP contribution in [0.1, 0.15) is 43.9 Å². The molecule has 0 N–H and O–H groups in total. The van der Waals surface area contributed by atoms with E-state index in [1.807, 2.05) is 32.6 Å². The second-order valence-corrected chi connectivity index (χ2v) is 17.2. The Balaban J connectivity index is 1.57. The highest BCUT2D eigenvalue weighted by molar-refractivity contribution is 6.76. The van der Waals surface area contributed by atoms with Crippen molar-refractivity contribution < 1.29 is 19.1 Å². The molecule has 2 aliphatic heterocycles. The molecular formula is C23H38N4O4Si. The van der Waals surface area contributed by atoms with Gasteiger partial charge in [0.25, 0.3) is 5.91 Å². The maximum atomic E-state index is 13.2. The fourth-order valence-electron chi connectivity index (χ4n) is 3.91. The molecule has 178 valence electrons. The topological polar surface area (TPSA) is 76.9 Å². The maximum Gasteiger partial charge on any atom is 0.410 e. The van der Waals surface area contributed by atoms with E-state index in [2.05, 4.69) is 31.3 Å². The van der Waals surface area contributed by atoms with E-state index in [-0.39, 0.29) is 24.1 Å². The number of ether oxygens (including phenoxy) is 2. The zero-order chi connectivity index (χ0) is 23.9. The third-order valence-electron chi connectivity index (χ3n) is 5.69. The number of carbonyl (C=O) groups excluding carboxylic acids is 2. The first-order valence-electron chi connectivity index (χ1n) is 11.3. The van der Waals surface area contributed by atoms with Crippen LogP contribution in [0.15, 0.2) is 12.6 Å². The number of aromatic nitrogens is 2. The molecule has 0 atom stereocenters. The van der Waals surface area contributed by atoms with E-state index in [1.165, 1.54) is 0 Å². The summed E-state index contributed by atoms with van der Waals surface area (Å²) < 4.78 is 12.9. The number of amides is 2. The van der Waals surface area contributed by atoms with Crippen LogP contribution in [0, 0.1) is 5.41 Å². The molecule has 0 saturated carbocycles. The number of hydrogen-bond donors (Lipinski definition) is 0. The van der Waals surface area contributed by atoms with Crippen molar-refractivity contribution in [1.29, 1.82) is 0 Å². The molecule has 0 aliphatic carbocycles. The molecule has 3 heterocycles. The minimum atomic E-state index is -1.18. The van der Waals surface area contributed by atoms with Crippen molar-refractivity contribution in [3.8, 4) is 0 Å². The average molecular weight is 463 g/mol. The van der Waals surface area contributed by atoms with Crippen molar-refractivity contribution in [2.75, 3.05) is 32.8 Å². The van der Waals surface area contributed by atoms with Crippen LogP contribution in [0.25, 0.3) is 5.57 Å². The lowest BCUT2D eigenvalue weighted by atomic mass is 9.73. The third kappa shape index (κ3) is 5.80. The van der Waals surface area contributed by atoms with Gasteiger partial charge in [-0.15, -0.1) is 0 Å². The van der Waals surface area contributed by atoms with E-state index in [4.69, 9.17) is 9.47 Å². The van der Waals surface area contributed by atoms with E-state index >= 15 is 0 Å². The Bertz CT molecular complexity index is 883. The van der Waals surface area contributed by atoms with Crippen LogP contribution in [-0.2, 0) is 16.2 Å². The number of hydrogen-bond acceptors (Lipinski definition) is 5. The second-order valence-electron chi connectivity index (χ2n) is 11.5. The molecule has 0 radical (unpaired) electrons. The lowest BCUT2D eigenvalue weighted by Crippen LogP contribution is -2.73. The molecule has 1 spiro atoms. The molecule has 2 aliphatic rings. The molecule has 9 heteroatoms. The zero-order valence-corrected chi connectivity index (χ0v) is 21.7. The normalized spacial score (nSPS) is 17.7. The fraction of sp³-hybridized carbons (Fsp3) is 0.696. The third-order valence-corrected chi connectivity index (χ3v) is 7.39. The van der Waals surface area contributed by atoms with Crippen LogP contribution in [0.5, 0.6) is 0 Å². The lowest BCUT2D eigenvalue weighted by Gasteiger charge is -2.59. The summed E-state index contributed by atoms with van der Waals surface area (Å²) in [6, 6.07) is 2.86. The molecule has 0 aromatic carbocycles. The summed E-state index contributed by atoms with van der Waals surface area (Å²) in [6.07, 6.45) is -0.285. The molecule has 8 nitrogen and oxygen atoms in total. The summed E-state index contributed by atoms with van der Waals surface area (Å²) in [7, 11) is -1.18. The molecule has 3 rings (SSSR count). The molecular weight excluding hydrogens is 424 g/mol. The lowest BCUT2D eigenvalue weighted by molar-refractivity contribution is -0.0984. The van der Waals surface area contributed by atoms with Crippen LogP contribution in [-0.4, -0.2) is 78.0 Å². The van der Waals surface area contributed by atoms with Crippen molar-refractivity contribution in [3.05, 3.63) is 24.0 Å². The zero-order valence-electron chi connectivity index (χ0n) is 20.7. The first-order valence-corrected chi connectivity index (χ1v) is 15.0. The molecule has 1 aromatic rings. The summed E-state index contributed by atoms with van der Waals surface area (Å²) in [6.45, 7) is 21.8. The summed E-state index contributed by atoms with van der Waals surface area (Å²) in [4.78, 5) is 28.9. The van der Waals surface area contributed by atoms with Gasteiger partial charge in [-0.05, 0) is 45.4 Å². The first-order chi connectivity index (χ1) is 14.7. The van der Waals surface area contributed by atoms with Crippen molar-refractivity contribution in [1.82, 2.24) is 19.6 Å². The van der Waals surface area contributed by atoms with Gasteiger partial charge >= 0.3 is 6.09 Å². The first kappa shape index (κ1) is 24.5. The van der Waals surface area contributed by atoms with Crippen LogP contribution in [0.2, 0.25) is 25.7 Å². The van der Waals surface area contributed by atoms with Gasteiger partial charge in [-0.3, -0.25) is 4.79 Å². The largest absolute Gasteiger partial charge is 0.444 e. The highest BCUT2D eigenvalue weighted by Gasteiger charge is 2.55. The Morgan fingerprint density at radius 2 is 1.75 bits per heavy atom. The number of carbonyl (C=O) groups is 2. The Morgan fingerprint density at radius 1 is 1.16 bits per heavy atom. The smallest absolute Gasteiger partial charge is 0.410 e. The van der Waals surface area contributed by atoms with E-state index in [0.29, 0.717) is 44.2 Å². The molecule has 2 saturated heterocycles. The number of nitrogens with zero attached hydrogens (tertiary/aromatic N) is 4. The van der Waals surface area contributed by atoms with Gasteiger partial charge < -0.3 is 19.3 Å². The summed E-state index contributed by atoms with van der Waals surface area (Å²) in [5, 5.41) is 4.53. The van der Waals surface area contributed by atoms with E-state index in [1.54, 1.807) is 15.6 Å². The Kier molecular flexibility index (Phi) is 6.64. The van der Waals surface area contributed by atoms with Gasteiger partial charge in [-0.1, -0.05) is 26.2 Å². The second kappa shape index (κ2) is 8.66. The van der Waals surface area contributed by atoms with Crippen LogP contribution in [0.3, 0.4) is 0 Å². The van der Waals surface area contributed by atoms with Gasteiger partial charge in [0.2, 0.25) is 0 Å². The number of likely N-dealkylation sites (tertiary alicyclic amines) is 2. The van der Waals surface area contributed by atoms with E-state index in [9.17, 15) is 9.59 Å². The van der Waals surface area contributed by atoms with Crippen LogP contribution in [0.4, 0.5) is 4.79 Å². The highest BCUT2D eigenvalue weighted by atomic mass is 28.3. The Hall–Kier alpha value is -2.13. The van der Waals surface area contributed by atoms with Crippen molar-refractivity contribution in [3.63, 3.8) is 0 Å². The Morgan fingerprint density at radius 3 is 2.28 bits per heavy atom. The highest BCUT2D eigenvalue weighted by Crippen LogP contribution is 2.40. The van der Waals surface area contributed by atoms with Gasteiger partial charge in [0.05, 0.1) is 5.69 Å². The SMILES string of the molecule is C=C(C)c1cc(C(=O)N2CC3(CN(C(=O)OC(C)(C)C)C3)C2)n(COCC[Si](C)(C)C)n1.